The quantitative estimate of drug-likeness (QED) is 0.708. The van der Waals surface area contributed by atoms with E-state index < -0.39 is 0 Å². The molecule has 6 nitrogen and oxygen atoms in total. The summed E-state index contributed by atoms with van der Waals surface area (Å²) in [6.07, 6.45) is 2.45. The van der Waals surface area contributed by atoms with Crippen molar-refractivity contribution in [3.63, 3.8) is 0 Å². The molecule has 2 rings (SSSR count). The molecule has 0 radical (unpaired) electrons. The number of hydrogen-bond donors (Lipinski definition) is 0. The van der Waals surface area contributed by atoms with Crippen molar-refractivity contribution in [3.8, 4) is 11.5 Å². The molecule has 1 saturated heterocycles. The molecular formula is C19H27NO5. The number of methoxy groups -OCH3 is 2. The van der Waals surface area contributed by atoms with Crippen LogP contribution in [0.4, 0.5) is 0 Å². The van der Waals surface area contributed by atoms with Crippen molar-refractivity contribution in [1.82, 2.24) is 4.90 Å². The number of carbonyl (C=O) groups is 2. The van der Waals surface area contributed by atoms with Crippen molar-refractivity contribution in [1.29, 1.82) is 0 Å². The van der Waals surface area contributed by atoms with E-state index in [4.69, 9.17) is 14.2 Å². The van der Waals surface area contributed by atoms with Gasteiger partial charge in [0.15, 0.2) is 11.5 Å². The molecule has 1 heterocycles. The molecule has 0 unspecified atom stereocenters. The van der Waals surface area contributed by atoms with E-state index in [-0.39, 0.29) is 17.8 Å². The van der Waals surface area contributed by atoms with Crippen LogP contribution >= 0.6 is 0 Å². The molecule has 1 aromatic rings. The molecule has 1 fully saturated rings. The van der Waals surface area contributed by atoms with Crippen LogP contribution in [0.5, 0.6) is 11.5 Å². The Balaban J connectivity index is 1.85. The molecule has 0 spiro atoms. The summed E-state index contributed by atoms with van der Waals surface area (Å²) in [5.74, 6) is 1.27. The van der Waals surface area contributed by atoms with Gasteiger partial charge in [-0.1, -0.05) is 6.07 Å². The SMILES string of the molecule is CCOc1ccc(CCC(=O)N2CCC(C(=O)OC)CC2)cc1OC. The Morgan fingerprint density at radius 3 is 2.48 bits per heavy atom. The van der Waals surface area contributed by atoms with E-state index in [1.807, 2.05) is 30.0 Å². The maximum Gasteiger partial charge on any atom is 0.308 e. The molecule has 0 bridgehead atoms. The van der Waals surface area contributed by atoms with Gasteiger partial charge in [0.2, 0.25) is 5.91 Å². The summed E-state index contributed by atoms with van der Waals surface area (Å²) < 4.78 is 15.6. The van der Waals surface area contributed by atoms with E-state index in [1.165, 1.54) is 7.11 Å². The largest absolute Gasteiger partial charge is 0.493 e. The summed E-state index contributed by atoms with van der Waals surface area (Å²) in [7, 11) is 3.02. The molecule has 0 saturated carbocycles. The average Bonchev–Trinajstić information content (AvgIpc) is 2.66. The van der Waals surface area contributed by atoms with Gasteiger partial charge in [0.25, 0.3) is 0 Å². The lowest BCUT2D eigenvalue weighted by atomic mass is 9.96. The number of ether oxygens (including phenoxy) is 3. The van der Waals surface area contributed by atoms with E-state index >= 15 is 0 Å². The van der Waals surface area contributed by atoms with E-state index in [2.05, 4.69) is 0 Å². The minimum absolute atomic E-state index is 0.0792. The molecule has 1 aliphatic rings. The molecule has 0 N–H and O–H groups in total. The van der Waals surface area contributed by atoms with E-state index in [0.717, 1.165) is 5.56 Å². The van der Waals surface area contributed by atoms with Crippen LogP contribution in [0.25, 0.3) is 0 Å². The molecule has 1 amide bonds. The van der Waals surface area contributed by atoms with Gasteiger partial charge in [0, 0.05) is 19.5 Å². The lowest BCUT2D eigenvalue weighted by Gasteiger charge is -2.30. The minimum Gasteiger partial charge on any atom is -0.493 e. The third-order valence-electron chi connectivity index (χ3n) is 4.54. The second kappa shape index (κ2) is 9.30. The van der Waals surface area contributed by atoms with Gasteiger partial charge < -0.3 is 19.1 Å². The number of carbonyl (C=O) groups excluding carboxylic acids is 2. The van der Waals surface area contributed by atoms with Crippen LogP contribution in [0.2, 0.25) is 0 Å². The standard InChI is InChI=1S/C19H27NO5/c1-4-25-16-7-5-14(13-17(16)23-2)6-8-18(21)20-11-9-15(10-12-20)19(22)24-3/h5,7,13,15H,4,6,8-12H2,1-3H3. The number of amides is 1. The zero-order valence-electron chi connectivity index (χ0n) is 15.2. The van der Waals surface area contributed by atoms with Gasteiger partial charge in [-0.2, -0.15) is 0 Å². The third kappa shape index (κ3) is 5.11. The van der Waals surface area contributed by atoms with Crippen LogP contribution in [0, 0.1) is 5.92 Å². The van der Waals surface area contributed by atoms with Crippen LogP contribution in [0.1, 0.15) is 31.7 Å². The Hall–Kier alpha value is -2.24. The number of rotatable bonds is 7. The third-order valence-corrected chi connectivity index (χ3v) is 4.54. The average molecular weight is 349 g/mol. The van der Waals surface area contributed by atoms with Gasteiger partial charge >= 0.3 is 5.97 Å². The first-order valence-corrected chi connectivity index (χ1v) is 8.74. The number of nitrogens with zero attached hydrogens (tertiary/aromatic N) is 1. The lowest BCUT2D eigenvalue weighted by Crippen LogP contribution is -2.40. The van der Waals surface area contributed by atoms with Crippen LogP contribution in [-0.4, -0.2) is 50.7 Å². The summed E-state index contributed by atoms with van der Waals surface area (Å²) in [4.78, 5) is 25.8. The lowest BCUT2D eigenvalue weighted by molar-refractivity contribution is -0.148. The van der Waals surface area contributed by atoms with Crippen molar-refractivity contribution >= 4 is 11.9 Å². The Morgan fingerprint density at radius 2 is 1.88 bits per heavy atom. The van der Waals surface area contributed by atoms with Gasteiger partial charge in [-0.3, -0.25) is 9.59 Å². The fourth-order valence-corrected chi connectivity index (χ4v) is 3.08. The summed E-state index contributed by atoms with van der Waals surface area (Å²) in [6, 6.07) is 5.76. The zero-order chi connectivity index (χ0) is 18.2. The molecule has 6 heteroatoms. The molecule has 0 aromatic heterocycles. The first-order valence-electron chi connectivity index (χ1n) is 8.74. The molecular weight excluding hydrogens is 322 g/mol. The Morgan fingerprint density at radius 1 is 1.16 bits per heavy atom. The van der Waals surface area contributed by atoms with Crippen molar-refractivity contribution < 1.29 is 23.8 Å². The first kappa shape index (κ1) is 19.1. The van der Waals surface area contributed by atoms with Crippen molar-refractivity contribution in [2.75, 3.05) is 33.9 Å². The Labute approximate surface area is 149 Å². The Kier molecular flexibility index (Phi) is 7.10. The molecule has 0 atom stereocenters. The molecule has 1 aliphatic heterocycles. The molecule has 1 aromatic carbocycles. The van der Waals surface area contributed by atoms with Gasteiger partial charge in [-0.25, -0.2) is 0 Å². The van der Waals surface area contributed by atoms with Gasteiger partial charge in [-0.15, -0.1) is 0 Å². The predicted molar refractivity (Wildman–Crippen MR) is 93.8 cm³/mol. The van der Waals surface area contributed by atoms with E-state index in [1.54, 1.807) is 7.11 Å². The van der Waals surface area contributed by atoms with Gasteiger partial charge in [-0.05, 0) is 43.9 Å². The van der Waals surface area contributed by atoms with Crippen LogP contribution in [-0.2, 0) is 20.7 Å². The fourth-order valence-electron chi connectivity index (χ4n) is 3.08. The maximum atomic E-state index is 12.4. The topological polar surface area (TPSA) is 65.1 Å². The predicted octanol–water partition coefficient (Wildman–Crippen LogP) is 2.44. The van der Waals surface area contributed by atoms with Crippen molar-refractivity contribution in [2.45, 2.75) is 32.6 Å². The smallest absolute Gasteiger partial charge is 0.308 e. The maximum absolute atomic E-state index is 12.4. The highest BCUT2D eigenvalue weighted by Gasteiger charge is 2.27. The number of hydrogen-bond acceptors (Lipinski definition) is 5. The van der Waals surface area contributed by atoms with Gasteiger partial charge in [0.05, 0.1) is 26.7 Å². The minimum atomic E-state index is -0.173. The number of benzene rings is 1. The first-order chi connectivity index (χ1) is 12.1. The van der Waals surface area contributed by atoms with E-state index in [9.17, 15) is 9.59 Å². The van der Waals surface area contributed by atoms with Crippen molar-refractivity contribution in [3.05, 3.63) is 23.8 Å². The molecule has 25 heavy (non-hydrogen) atoms. The van der Waals surface area contributed by atoms with Crippen molar-refractivity contribution in [2.24, 2.45) is 5.92 Å². The summed E-state index contributed by atoms with van der Waals surface area (Å²) in [6.45, 7) is 3.74. The number of aryl methyl sites for hydroxylation is 1. The highest BCUT2D eigenvalue weighted by atomic mass is 16.5. The zero-order valence-corrected chi connectivity index (χ0v) is 15.2. The van der Waals surface area contributed by atoms with Crippen LogP contribution in [0.3, 0.4) is 0 Å². The van der Waals surface area contributed by atoms with Gasteiger partial charge in [0.1, 0.15) is 0 Å². The Bertz CT molecular complexity index is 593. The molecule has 0 aliphatic carbocycles. The highest BCUT2D eigenvalue weighted by molar-refractivity contribution is 5.77. The second-order valence-electron chi connectivity index (χ2n) is 6.10. The second-order valence-corrected chi connectivity index (χ2v) is 6.10. The summed E-state index contributed by atoms with van der Waals surface area (Å²) >= 11 is 0. The van der Waals surface area contributed by atoms with Crippen LogP contribution in [0.15, 0.2) is 18.2 Å². The number of likely N-dealkylation sites (tertiary alicyclic amines) is 1. The van der Waals surface area contributed by atoms with Crippen LogP contribution < -0.4 is 9.47 Å². The monoisotopic (exact) mass is 349 g/mol. The number of esters is 1. The molecule has 138 valence electrons. The highest BCUT2D eigenvalue weighted by Crippen LogP contribution is 2.28. The summed E-state index contributed by atoms with van der Waals surface area (Å²) in [5, 5.41) is 0. The van der Waals surface area contributed by atoms with E-state index in [0.29, 0.717) is 56.9 Å². The summed E-state index contributed by atoms with van der Waals surface area (Å²) in [5.41, 5.74) is 1.04. The fraction of sp³-hybridized carbons (Fsp3) is 0.579. The number of piperidine rings is 1. The normalized spacial score (nSPS) is 14.9.